The SMILES string of the molecule is CCCCCc1ccc(NC(=O)CNC(C)C)cc1. The summed E-state index contributed by atoms with van der Waals surface area (Å²) < 4.78 is 0. The minimum atomic E-state index is 0.00688. The van der Waals surface area contributed by atoms with E-state index in [0.717, 1.165) is 12.1 Å². The van der Waals surface area contributed by atoms with Crippen LogP contribution in [0.5, 0.6) is 0 Å². The lowest BCUT2D eigenvalue weighted by Crippen LogP contribution is -2.32. The zero-order valence-corrected chi connectivity index (χ0v) is 12.3. The molecule has 1 rings (SSSR count). The number of nitrogens with one attached hydrogen (secondary N) is 2. The number of carbonyl (C=O) groups excluding carboxylic acids is 1. The number of aryl methyl sites for hydroxylation is 1. The highest BCUT2D eigenvalue weighted by atomic mass is 16.1. The normalized spacial score (nSPS) is 10.7. The second kappa shape index (κ2) is 8.70. The fourth-order valence-corrected chi connectivity index (χ4v) is 1.84. The maximum atomic E-state index is 11.6. The van der Waals surface area contributed by atoms with Gasteiger partial charge in [-0.25, -0.2) is 0 Å². The van der Waals surface area contributed by atoms with Crippen LogP contribution in [0.4, 0.5) is 5.69 Å². The first kappa shape index (κ1) is 15.7. The molecule has 1 aromatic rings. The van der Waals surface area contributed by atoms with E-state index in [1.165, 1.54) is 24.8 Å². The molecule has 19 heavy (non-hydrogen) atoms. The molecule has 0 spiro atoms. The van der Waals surface area contributed by atoms with Gasteiger partial charge in [-0.2, -0.15) is 0 Å². The summed E-state index contributed by atoms with van der Waals surface area (Å²) in [5.41, 5.74) is 2.21. The van der Waals surface area contributed by atoms with E-state index in [0.29, 0.717) is 12.6 Å². The van der Waals surface area contributed by atoms with Crippen molar-refractivity contribution in [2.75, 3.05) is 11.9 Å². The van der Waals surface area contributed by atoms with Crippen LogP contribution in [-0.2, 0) is 11.2 Å². The van der Waals surface area contributed by atoms with Crippen LogP contribution in [0.1, 0.15) is 45.6 Å². The second-order valence-corrected chi connectivity index (χ2v) is 5.24. The minimum absolute atomic E-state index is 0.00688. The minimum Gasteiger partial charge on any atom is -0.325 e. The predicted molar refractivity (Wildman–Crippen MR) is 81.4 cm³/mol. The summed E-state index contributed by atoms with van der Waals surface area (Å²) in [5, 5.41) is 5.99. The molecule has 1 aromatic carbocycles. The van der Waals surface area contributed by atoms with Gasteiger partial charge in [-0.3, -0.25) is 4.79 Å². The Kier molecular flexibility index (Phi) is 7.19. The zero-order valence-electron chi connectivity index (χ0n) is 12.3. The molecule has 0 saturated carbocycles. The van der Waals surface area contributed by atoms with Crippen LogP contribution in [-0.4, -0.2) is 18.5 Å². The summed E-state index contributed by atoms with van der Waals surface area (Å²) >= 11 is 0. The molecule has 3 heteroatoms. The molecule has 0 aliphatic rings. The number of hydrogen-bond acceptors (Lipinski definition) is 2. The van der Waals surface area contributed by atoms with Gasteiger partial charge in [0.25, 0.3) is 0 Å². The molecular formula is C16H26N2O. The molecule has 0 bridgehead atoms. The van der Waals surface area contributed by atoms with Crippen LogP contribution in [0.2, 0.25) is 0 Å². The summed E-state index contributed by atoms with van der Waals surface area (Å²) in [7, 11) is 0. The highest BCUT2D eigenvalue weighted by Gasteiger charge is 2.03. The van der Waals surface area contributed by atoms with E-state index in [-0.39, 0.29) is 5.91 Å². The Hall–Kier alpha value is -1.35. The van der Waals surface area contributed by atoms with Gasteiger partial charge in [0.2, 0.25) is 5.91 Å². The van der Waals surface area contributed by atoms with E-state index in [4.69, 9.17) is 0 Å². The van der Waals surface area contributed by atoms with Crippen molar-refractivity contribution < 1.29 is 4.79 Å². The maximum Gasteiger partial charge on any atom is 0.238 e. The van der Waals surface area contributed by atoms with Gasteiger partial charge in [0.15, 0.2) is 0 Å². The molecular weight excluding hydrogens is 236 g/mol. The molecule has 0 atom stereocenters. The monoisotopic (exact) mass is 262 g/mol. The quantitative estimate of drug-likeness (QED) is 0.705. The first-order valence-corrected chi connectivity index (χ1v) is 7.24. The molecule has 106 valence electrons. The summed E-state index contributed by atoms with van der Waals surface area (Å²) in [5.74, 6) is 0.00688. The lowest BCUT2D eigenvalue weighted by Gasteiger charge is -2.09. The van der Waals surface area contributed by atoms with Crippen LogP contribution in [0.15, 0.2) is 24.3 Å². The summed E-state index contributed by atoms with van der Waals surface area (Å²) in [6, 6.07) is 8.48. The lowest BCUT2D eigenvalue weighted by atomic mass is 10.1. The van der Waals surface area contributed by atoms with Crippen molar-refractivity contribution in [1.82, 2.24) is 5.32 Å². The van der Waals surface area contributed by atoms with E-state index in [2.05, 4.69) is 29.7 Å². The van der Waals surface area contributed by atoms with Crippen LogP contribution in [0, 0.1) is 0 Å². The topological polar surface area (TPSA) is 41.1 Å². The average molecular weight is 262 g/mol. The number of benzene rings is 1. The molecule has 0 fully saturated rings. The standard InChI is InChI=1S/C16H26N2O/c1-4-5-6-7-14-8-10-15(11-9-14)18-16(19)12-17-13(2)3/h8-11,13,17H,4-7,12H2,1-3H3,(H,18,19). The molecule has 2 N–H and O–H groups in total. The summed E-state index contributed by atoms with van der Waals surface area (Å²) in [6.07, 6.45) is 4.88. The van der Waals surface area contributed by atoms with Crippen molar-refractivity contribution in [3.8, 4) is 0 Å². The fourth-order valence-electron chi connectivity index (χ4n) is 1.84. The van der Waals surface area contributed by atoms with Gasteiger partial charge < -0.3 is 10.6 Å². The Morgan fingerprint density at radius 3 is 2.42 bits per heavy atom. The van der Waals surface area contributed by atoms with Crippen LogP contribution >= 0.6 is 0 Å². The van der Waals surface area contributed by atoms with Gasteiger partial charge in [-0.15, -0.1) is 0 Å². The van der Waals surface area contributed by atoms with Crippen molar-refractivity contribution in [1.29, 1.82) is 0 Å². The Bertz CT molecular complexity index is 371. The molecule has 0 aliphatic heterocycles. The van der Waals surface area contributed by atoms with Crippen LogP contribution in [0.25, 0.3) is 0 Å². The second-order valence-electron chi connectivity index (χ2n) is 5.24. The number of amides is 1. The molecule has 3 nitrogen and oxygen atoms in total. The smallest absolute Gasteiger partial charge is 0.238 e. The third-order valence-electron chi connectivity index (χ3n) is 2.98. The van der Waals surface area contributed by atoms with Gasteiger partial charge in [-0.05, 0) is 30.5 Å². The Labute approximate surface area is 116 Å². The largest absolute Gasteiger partial charge is 0.325 e. The number of unbranched alkanes of at least 4 members (excludes halogenated alkanes) is 2. The van der Waals surface area contributed by atoms with Gasteiger partial charge in [0, 0.05) is 11.7 Å². The number of rotatable bonds is 8. The third kappa shape index (κ3) is 6.97. The van der Waals surface area contributed by atoms with Crippen molar-refractivity contribution in [3.63, 3.8) is 0 Å². The van der Waals surface area contributed by atoms with Crippen molar-refractivity contribution in [3.05, 3.63) is 29.8 Å². The average Bonchev–Trinajstić information content (AvgIpc) is 2.39. The van der Waals surface area contributed by atoms with E-state index in [9.17, 15) is 4.79 Å². The zero-order chi connectivity index (χ0) is 14.1. The van der Waals surface area contributed by atoms with E-state index >= 15 is 0 Å². The van der Waals surface area contributed by atoms with Crippen molar-refractivity contribution in [2.24, 2.45) is 0 Å². The summed E-state index contributed by atoms with van der Waals surface area (Å²) in [4.78, 5) is 11.6. The van der Waals surface area contributed by atoms with Gasteiger partial charge >= 0.3 is 0 Å². The van der Waals surface area contributed by atoms with Crippen molar-refractivity contribution in [2.45, 2.75) is 52.5 Å². The molecule has 0 saturated heterocycles. The molecule has 1 amide bonds. The Morgan fingerprint density at radius 1 is 1.16 bits per heavy atom. The lowest BCUT2D eigenvalue weighted by molar-refractivity contribution is -0.115. The molecule has 0 aromatic heterocycles. The van der Waals surface area contributed by atoms with Crippen molar-refractivity contribution >= 4 is 11.6 Å². The highest BCUT2D eigenvalue weighted by Crippen LogP contribution is 2.12. The highest BCUT2D eigenvalue weighted by molar-refractivity contribution is 5.92. The first-order chi connectivity index (χ1) is 9.11. The van der Waals surface area contributed by atoms with E-state index in [1.807, 2.05) is 26.0 Å². The Balaban J connectivity index is 2.37. The first-order valence-electron chi connectivity index (χ1n) is 7.24. The van der Waals surface area contributed by atoms with Crippen LogP contribution in [0.3, 0.4) is 0 Å². The number of hydrogen-bond donors (Lipinski definition) is 2. The summed E-state index contributed by atoms with van der Waals surface area (Å²) in [6.45, 7) is 6.62. The molecule has 0 radical (unpaired) electrons. The Morgan fingerprint density at radius 2 is 1.84 bits per heavy atom. The maximum absolute atomic E-state index is 11.6. The van der Waals surface area contributed by atoms with Gasteiger partial charge in [0.1, 0.15) is 0 Å². The molecule has 0 unspecified atom stereocenters. The third-order valence-corrected chi connectivity index (χ3v) is 2.98. The van der Waals surface area contributed by atoms with Gasteiger partial charge in [-0.1, -0.05) is 45.7 Å². The number of carbonyl (C=O) groups is 1. The number of anilines is 1. The van der Waals surface area contributed by atoms with Gasteiger partial charge in [0.05, 0.1) is 6.54 Å². The molecule has 0 heterocycles. The fraction of sp³-hybridized carbons (Fsp3) is 0.562. The molecule has 0 aliphatic carbocycles. The van der Waals surface area contributed by atoms with E-state index in [1.54, 1.807) is 0 Å². The van der Waals surface area contributed by atoms with Crippen LogP contribution < -0.4 is 10.6 Å². The van der Waals surface area contributed by atoms with E-state index < -0.39 is 0 Å². The predicted octanol–water partition coefficient (Wildman–Crippen LogP) is 3.36.